The van der Waals surface area contributed by atoms with E-state index in [-0.39, 0.29) is 6.61 Å². The molecular formula is C18H19FN2O4. The molecule has 0 spiro atoms. The summed E-state index contributed by atoms with van der Waals surface area (Å²) in [7, 11) is 1.55. The van der Waals surface area contributed by atoms with Crippen molar-refractivity contribution in [2.45, 2.75) is 6.92 Å². The maximum atomic E-state index is 13.0. The third-order valence-corrected chi connectivity index (χ3v) is 3.07. The number of nitrogens with zero attached hydrogens (tertiary/aromatic N) is 1. The molecule has 25 heavy (non-hydrogen) atoms. The lowest BCUT2D eigenvalue weighted by Gasteiger charge is -2.09. The second kappa shape index (κ2) is 9.27. The lowest BCUT2D eigenvalue weighted by atomic mass is 10.2. The molecule has 7 heteroatoms. The number of halogens is 1. The molecule has 0 atom stereocenters. The van der Waals surface area contributed by atoms with Crippen molar-refractivity contribution >= 4 is 17.8 Å². The van der Waals surface area contributed by atoms with Gasteiger partial charge in [0.05, 0.1) is 19.9 Å². The number of rotatable bonds is 8. The normalized spacial score (nSPS) is 10.5. The van der Waals surface area contributed by atoms with E-state index in [9.17, 15) is 9.18 Å². The van der Waals surface area contributed by atoms with Crippen molar-refractivity contribution in [1.29, 1.82) is 0 Å². The van der Waals surface area contributed by atoms with Gasteiger partial charge in [-0.3, -0.25) is 4.79 Å². The summed E-state index contributed by atoms with van der Waals surface area (Å²) in [4.78, 5) is 16.6. The van der Waals surface area contributed by atoms with Crippen LogP contribution >= 0.6 is 0 Å². The molecule has 2 aromatic rings. The van der Waals surface area contributed by atoms with Crippen molar-refractivity contribution < 1.29 is 23.5 Å². The van der Waals surface area contributed by atoms with E-state index in [1.807, 2.05) is 6.92 Å². The minimum Gasteiger partial charge on any atom is -0.493 e. The summed E-state index contributed by atoms with van der Waals surface area (Å²) < 4.78 is 23.7. The number of carbonyl (C=O) groups is 1. The fourth-order valence-electron chi connectivity index (χ4n) is 2.00. The fourth-order valence-corrected chi connectivity index (χ4v) is 2.00. The number of benzene rings is 2. The van der Waals surface area contributed by atoms with Gasteiger partial charge in [0, 0.05) is 11.3 Å². The predicted octanol–water partition coefficient (Wildman–Crippen LogP) is 3.22. The summed E-state index contributed by atoms with van der Waals surface area (Å²) in [6.45, 7) is 2.13. The minimum absolute atomic E-state index is 0.290. The Labute approximate surface area is 145 Å². The minimum atomic E-state index is -0.438. The van der Waals surface area contributed by atoms with Crippen LogP contribution in [0.15, 0.2) is 47.6 Å². The van der Waals surface area contributed by atoms with Gasteiger partial charge in [0.15, 0.2) is 18.1 Å². The average molecular weight is 346 g/mol. The van der Waals surface area contributed by atoms with Gasteiger partial charge in [-0.1, -0.05) is 11.2 Å². The first kappa shape index (κ1) is 18.3. The Hall–Kier alpha value is -3.09. The Kier molecular flexibility index (Phi) is 6.76. The molecule has 0 fully saturated rings. The second-order valence-corrected chi connectivity index (χ2v) is 4.91. The molecule has 2 aromatic carbocycles. The molecule has 1 N–H and O–H groups in total. The van der Waals surface area contributed by atoms with E-state index in [0.717, 1.165) is 5.56 Å². The van der Waals surface area contributed by atoms with E-state index >= 15 is 0 Å². The summed E-state index contributed by atoms with van der Waals surface area (Å²) in [6.07, 6.45) is 1.45. The van der Waals surface area contributed by atoms with Gasteiger partial charge in [-0.25, -0.2) is 4.39 Å². The van der Waals surface area contributed by atoms with Gasteiger partial charge < -0.3 is 19.6 Å². The fraction of sp³-hybridized carbons (Fsp3) is 0.222. The highest BCUT2D eigenvalue weighted by atomic mass is 19.1. The molecule has 0 bridgehead atoms. The first-order chi connectivity index (χ1) is 12.1. The molecule has 0 saturated carbocycles. The molecule has 132 valence electrons. The van der Waals surface area contributed by atoms with E-state index in [4.69, 9.17) is 14.3 Å². The number of hydrogen-bond acceptors (Lipinski definition) is 5. The van der Waals surface area contributed by atoms with Crippen LogP contribution in [0.25, 0.3) is 0 Å². The lowest BCUT2D eigenvalue weighted by Crippen LogP contribution is -2.17. The zero-order valence-corrected chi connectivity index (χ0v) is 14.0. The molecule has 6 nitrogen and oxygen atoms in total. The third-order valence-electron chi connectivity index (χ3n) is 3.07. The molecule has 0 aliphatic rings. The van der Waals surface area contributed by atoms with E-state index in [0.29, 0.717) is 23.8 Å². The van der Waals surface area contributed by atoms with Crippen molar-refractivity contribution in [1.82, 2.24) is 0 Å². The predicted molar refractivity (Wildman–Crippen MR) is 92.7 cm³/mol. The van der Waals surface area contributed by atoms with Crippen LogP contribution in [-0.4, -0.2) is 32.4 Å². The quantitative estimate of drug-likeness (QED) is 0.589. The van der Waals surface area contributed by atoms with Crippen molar-refractivity contribution in [2.75, 3.05) is 25.6 Å². The van der Waals surface area contributed by atoms with Gasteiger partial charge in [-0.05, 0) is 43.3 Å². The molecule has 0 aliphatic heterocycles. The zero-order chi connectivity index (χ0) is 18.1. The summed E-state index contributed by atoms with van der Waals surface area (Å²) >= 11 is 0. The molecule has 0 unspecified atom stereocenters. The highest BCUT2D eigenvalue weighted by molar-refractivity contribution is 5.91. The largest absolute Gasteiger partial charge is 0.493 e. The van der Waals surface area contributed by atoms with E-state index < -0.39 is 11.7 Å². The second-order valence-electron chi connectivity index (χ2n) is 4.91. The van der Waals surface area contributed by atoms with Crippen LogP contribution in [0, 0.1) is 5.82 Å². The zero-order valence-electron chi connectivity index (χ0n) is 14.0. The van der Waals surface area contributed by atoms with Gasteiger partial charge in [-0.15, -0.1) is 0 Å². The van der Waals surface area contributed by atoms with Crippen LogP contribution < -0.4 is 14.8 Å². The third kappa shape index (κ3) is 5.80. The van der Waals surface area contributed by atoms with Crippen molar-refractivity contribution in [3.63, 3.8) is 0 Å². The molecule has 0 heterocycles. The monoisotopic (exact) mass is 346 g/mol. The summed E-state index contributed by atoms with van der Waals surface area (Å²) in [5, 5.41) is 6.24. The topological polar surface area (TPSA) is 69.2 Å². The molecule has 0 saturated heterocycles. The average Bonchev–Trinajstić information content (AvgIpc) is 2.60. The maximum Gasteiger partial charge on any atom is 0.265 e. The van der Waals surface area contributed by atoms with Gasteiger partial charge in [0.1, 0.15) is 5.82 Å². The Bertz CT molecular complexity index is 750. The van der Waals surface area contributed by atoms with Crippen molar-refractivity contribution in [3.05, 3.63) is 53.8 Å². The Morgan fingerprint density at radius 1 is 1.24 bits per heavy atom. The standard InChI is InChI=1S/C18H19FN2O4/c1-3-24-16-8-7-13(9-17(16)23-2)11-20-25-12-18(22)21-15-6-4-5-14(19)10-15/h4-11H,3,12H2,1-2H3,(H,21,22)/b20-11+. The molecule has 1 amide bonds. The smallest absolute Gasteiger partial charge is 0.265 e. The van der Waals surface area contributed by atoms with Gasteiger partial charge in [0.2, 0.25) is 0 Å². The Morgan fingerprint density at radius 3 is 2.80 bits per heavy atom. The number of hydrogen-bond donors (Lipinski definition) is 1. The number of amides is 1. The number of oxime groups is 1. The summed E-state index contributed by atoms with van der Waals surface area (Å²) in [6, 6.07) is 10.9. The first-order valence-corrected chi connectivity index (χ1v) is 7.64. The first-order valence-electron chi connectivity index (χ1n) is 7.64. The van der Waals surface area contributed by atoms with E-state index in [2.05, 4.69) is 10.5 Å². The van der Waals surface area contributed by atoms with Crippen LogP contribution in [0.1, 0.15) is 12.5 Å². The lowest BCUT2D eigenvalue weighted by molar-refractivity contribution is -0.120. The molecule has 2 rings (SSSR count). The van der Waals surface area contributed by atoms with Crippen LogP contribution in [0.2, 0.25) is 0 Å². The van der Waals surface area contributed by atoms with Crippen LogP contribution in [0.3, 0.4) is 0 Å². The van der Waals surface area contributed by atoms with Gasteiger partial charge >= 0.3 is 0 Å². The number of ether oxygens (including phenoxy) is 2. The molecule has 0 aromatic heterocycles. The summed E-state index contributed by atoms with van der Waals surface area (Å²) in [5.41, 5.74) is 1.08. The Balaban J connectivity index is 1.85. The van der Waals surface area contributed by atoms with E-state index in [1.54, 1.807) is 31.4 Å². The summed E-state index contributed by atoms with van der Waals surface area (Å²) in [5.74, 6) is 0.348. The number of methoxy groups -OCH3 is 1. The van der Waals surface area contributed by atoms with Gasteiger partial charge in [-0.2, -0.15) is 0 Å². The maximum absolute atomic E-state index is 13.0. The molecule has 0 radical (unpaired) electrons. The van der Waals surface area contributed by atoms with Crippen LogP contribution in [0.5, 0.6) is 11.5 Å². The van der Waals surface area contributed by atoms with Crippen molar-refractivity contribution in [2.24, 2.45) is 5.16 Å². The van der Waals surface area contributed by atoms with Crippen molar-refractivity contribution in [3.8, 4) is 11.5 Å². The number of nitrogens with one attached hydrogen (secondary N) is 1. The number of carbonyl (C=O) groups excluding carboxylic acids is 1. The SMILES string of the molecule is CCOc1ccc(/C=N/OCC(=O)Nc2cccc(F)c2)cc1OC. The highest BCUT2D eigenvalue weighted by Crippen LogP contribution is 2.27. The van der Waals surface area contributed by atoms with Gasteiger partial charge in [0.25, 0.3) is 5.91 Å². The van der Waals surface area contributed by atoms with Crippen LogP contribution in [0.4, 0.5) is 10.1 Å². The highest BCUT2D eigenvalue weighted by Gasteiger charge is 2.05. The molecular weight excluding hydrogens is 327 g/mol. The van der Waals surface area contributed by atoms with E-state index in [1.165, 1.54) is 24.4 Å². The molecule has 0 aliphatic carbocycles. The number of anilines is 1. The Morgan fingerprint density at radius 2 is 2.08 bits per heavy atom. The van der Waals surface area contributed by atoms with Crippen LogP contribution in [-0.2, 0) is 9.63 Å².